The van der Waals surface area contributed by atoms with E-state index >= 15 is 0 Å². The van der Waals surface area contributed by atoms with Gasteiger partial charge < -0.3 is 20.3 Å². The molecule has 2 N–H and O–H groups in total. The van der Waals surface area contributed by atoms with E-state index in [-0.39, 0.29) is 36.5 Å². The second-order valence-corrected chi connectivity index (χ2v) is 6.49. The molecule has 0 saturated heterocycles. The molecule has 2 rings (SSSR count). The van der Waals surface area contributed by atoms with E-state index in [0.29, 0.717) is 18.8 Å². The van der Waals surface area contributed by atoms with Crippen LogP contribution in [0.25, 0.3) is 0 Å². The lowest BCUT2D eigenvalue weighted by molar-refractivity contribution is -0.130. The molecule has 0 aromatic heterocycles. The van der Waals surface area contributed by atoms with Gasteiger partial charge in [0.2, 0.25) is 0 Å². The maximum Gasteiger partial charge on any atom is 0.259 e. The van der Waals surface area contributed by atoms with E-state index in [1.807, 2.05) is 24.3 Å². The molecule has 0 radical (unpaired) electrons. The predicted molar refractivity (Wildman–Crippen MR) is 124 cm³/mol. The number of amides is 1. The molecule has 0 aliphatic carbocycles. The number of benzene rings is 2. The molecule has 1 amide bonds. The van der Waals surface area contributed by atoms with Crippen molar-refractivity contribution in [3.8, 4) is 5.75 Å². The molecule has 6 nitrogen and oxygen atoms in total. The number of ether oxygens (including phenoxy) is 1. The third-order valence-corrected chi connectivity index (χ3v) is 4.02. The van der Waals surface area contributed by atoms with Gasteiger partial charge in [0.15, 0.2) is 12.6 Å². The molecule has 0 unspecified atom stereocenters. The van der Waals surface area contributed by atoms with Gasteiger partial charge in [0.05, 0.1) is 0 Å². The van der Waals surface area contributed by atoms with E-state index in [2.05, 4.69) is 46.8 Å². The van der Waals surface area contributed by atoms with E-state index in [4.69, 9.17) is 4.74 Å². The number of halogens is 1. The summed E-state index contributed by atoms with van der Waals surface area (Å²) in [4.78, 5) is 17.4. The number of aryl methyl sites for hydroxylation is 1. The molecule has 2 aromatic rings. The number of nitrogens with one attached hydrogen (secondary N) is 2. The average Bonchev–Trinajstić information content (AvgIpc) is 2.67. The molecule has 152 valence electrons. The predicted octanol–water partition coefficient (Wildman–Crippen LogP) is 2.95. The van der Waals surface area contributed by atoms with Crippen LogP contribution in [-0.2, 0) is 17.9 Å². The summed E-state index contributed by atoms with van der Waals surface area (Å²) in [5.41, 5.74) is 3.49. The molecule has 0 atom stereocenters. The first-order valence-electron chi connectivity index (χ1n) is 8.90. The number of nitrogens with zero attached hydrogens (tertiary/aromatic N) is 2. The monoisotopic (exact) mass is 496 g/mol. The van der Waals surface area contributed by atoms with Crippen LogP contribution in [0.15, 0.2) is 53.5 Å². The summed E-state index contributed by atoms with van der Waals surface area (Å²) in [6.45, 7) is 3.41. The Labute approximate surface area is 184 Å². The lowest BCUT2D eigenvalue weighted by atomic mass is 10.1. The summed E-state index contributed by atoms with van der Waals surface area (Å²) in [6.07, 6.45) is 0. The highest BCUT2D eigenvalue weighted by atomic mass is 127. The SMILES string of the molecule is CN=C(NCc1ccc(C)cc1)NCc1cccc(OCC(=O)N(C)C)c1.I. The van der Waals surface area contributed by atoms with Crippen molar-refractivity contribution in [3.05, 3.63) is 65.2 Å². The summed E-state index contributed by atoms with van der Waals surface area (Å²) < 4.78 is 5.55. The Kier molecular flexibility index (Phi) is 10.4. The van der Waals surface area contributed by atoms with Crippen molar-refractivity contribution < 1.29 is 9.53 Å². The van der Waals surface area contributed by atoms with Crippen molar-refractivity contribution in [1.29, 1.82) is 0 Å². The summed E-state index contributed by atoms with van der Waals surface area (Å²) >= 11 is 0. The average molecular weight is 496 g/mol. The number of carbonyl (C=O) groups excluding carboxylic acids is 1. The Hall–Kier alpha value is -2.29. The van der Waals surface area contributed by atoms with Crippen LogP contribution in [-0.4, -0.2) is 44.5 Å². The molecule has 0 fully saturated rings. The number of hydrogen-bond acceptors (Lipinski definition) is 3. The summed E-state index contributed by atoms with van der Waals surface area (Å²) in [7, 11) is 5.17. The quantitative estimate of drug-likeness (QED) is 0.352. The zero-order chi connectivity index (χ0) is 19.6. The van der Waals surface area contributed by atoms with Gasteiger partial charge >= 0.3 is 0 Å². The summed E-state index contributed by atoms with van der Waals surface area (Å²) in [5.74, 6) is 1.33. The van der Waals surface area contributed by atoms with E-state index in [1.165, 1.54) is 16.0 Å². The van der Waals surface area contributed by atoms with Gasteiger partial charge in [-0.15, -0.1) is 24.0 Å². The highest BCUT2D eigenvalue weighted by Crippen LogP contribution is 2.13. The number of hydrogen-bond donors (Lipinski definition) is 2. The minimum atomic E-state index is -0.0702. The Morgan fingerprint density at radius 2 is 1.68 bits per heavy atom. The molecular weight excluding hydrogens is 467 g/mol. The van der Waals surface area contributed by atoms with Crippen molar-refractivity contribution in [1.82, 2.24) is 15.5 Å². The molecule has 0 heterocycles. The van der Waals surface area contributed by atoms with Crippen LogP contribution < -0.4 is 15.4 Å². The lowest BCUT2D eigenvalue weighted by Gasteiger charge is -2.14. The van der Waals surface area contributed by atoms with Gasteiger partial charge in [0.25, 0.3) is 5.91 Å². The normalized spacial score (nSPS) is 10.6. The number of rotatable bonds is 7. The van der Waals surface area contributed by atoms with Crippen molar-refractivity contribution in [3.63, 3.8) is 0 Å². The standard InChI is InChI=1S/C21H28N4O2.HI/c1-16-8-10-17(11-9-16)13-23-21(22-2)24-14-18-6-5-7-19(12-18)27-15-20(26)25(3)4;/h5-12H,13-15H2,1-4H3,(H2,22,23,24);1H. The fourth-order valence-corrected chi connectivity index (χ4v) is 2.32. The molecule has 2 aromatic carbocycles. The van der Waals surface area contributed by atoms with Crippen LogP contribution >= 0.6 is 24.0 Å². The third kappa shape index (κ3) is 8.16. The van der Waals surface area contributed by atoms with Gasteiger partial charge in [0, 0.05) is 34.2 Å². The zero-order valence-corrected chi connectivity index (χ0v) is 19.2. The van der Waals surface area contributed by atoms with E-state index < -0.39 is 0 Å². The number of aliphatic imine (C=N–C) groups is 1. The number of carbonyl (C=O) groups is 1. The van der Waals surface area contributed by atoms with E-state index in [9.17, 15) is 4.79 Å². The van der Waals surface area contributed by atoms with Crippen LogP contribution in [0.4, 0.5) is 0 Å². The molecule has 7 heteroatoms. The smallest absolute Gasteiger partial charge is 0.259 e. The molecule has 0 spiro atoms. The van der Waals surface area contributed by atoms with Crippen LogP contribution in [0.1, 0.15) is 16.7 Å². The second kappa shape index (κ2) is 12.2. The fraction of sp³-hybridized carbons (Fsp3) is 0.333. The van der Waals surface area contributed by atoms with Crippen LogP contribution in [0.5, 0.6) is 5.75 Å². The largest absolute Gasteiger partial charge is 0.484 e. The summed E-state index contributed by atoms with van der Waals surface area (Å²) in [6, 6.07) is 16.1. The van der Waals surface area contributed by atoms with Crippen LogP contribution in [0.3, 0.4) is 0 Å². The van der Waals surface area contributed by atoms with Gasteiger partial charge in [0.1, 0.15) is 5.75 Å². The molecule has 28 heavy (non-hydrogen) atoms. The van der Waals surface area contributed by atoms with Crippen LogP contribution in [0.2, 0.25) is 0 Å². The zero-order valence-electron chi connectivity index (χ0n) is 16.9. The highest BCUT2D eigenvalue weighted by molar-refractivity contribution is 14.0. The van der Waals surface area contributed by atoms with Crippen molar-refractivity contribution >= 4 is 35.8 Å². The Bertz CT molecular complexity index is 776. The van der Waals surface area contributed by atoms with Gasteiger partial charge in [-0.3, -0.25) is 9.79 Å². The summed E-state index contributed by atoms with van der Waals surface area (Å²) in [5, 5.41) is 6.59. The fourth-order valence-electron chi connectivity index (χ4n) is 2.32. The molecule has 0 bridgehead atoms. The topological polar surface area (TPSA) is 66.0 Å². The Morgan fingerprint density at radius 1 is 1.04 bits per heavy atom. The van der Waals surface area contributed by atoms with Crippen LogP contribution in [0, 0.1) is 6.92 Å². The maximum atomic E-state index is 11.6. The van der Waals surface area contributed by atoms with Gasteiger partial charge in [-0.2, -0.15) is 0 Å². The lowest BCUT2D eigenvalue weighted by Crippen LogP contribution is -2.36. The van der Waals surface area contributed by atoms with Gasteiger partial charge in [-0.1, -0.05) is 42.0 Å². The molecule has 0 aliphatic heterocycles. The van der Waals surface area contributed by atoms with Crippen molar-refractivity contribution in [2.24, 2.45) is 4.99 Å². The van der Waals surface area contributed by atoms with Gasteiger partial charge in [-0.25, -0.2) is 0 Å². The van der Waals surface area contributed by atoms with E-state index in [1.54, 1.807) is 21.1 Å². The first-order valence-corrected chi connectivity index (χ1v) is 8.90. The highest BCUT2D eigenvalue weighted by Gasteiger charge is 2.06. The van der Waals surface area contributed by atoms with E-state index in [0.717, 1.165) is 11.5 Å². The maximum absolute atomic E-state index is 11.6. The Balaban J connectivity index is 0.00000392. The minimum absolute atomic E-state index is 0. The third-order valence-electron chi connectivity index (χ3n) is 4.02. The number of guanidine groups is 1. The second-order valence-electron chi connectivity index (χ2n) is 6.49. The molecule has 0 aliphatic rings. The molecule has 0 saturated carbocycles. The van der Waals surface area contributed by atoms with Gasteiger partial charge in [-0.05, 0) is 30.2 Å². The first-order chi connectivity index (χ1) is 13.0. The van der Waals surface area contributed by atoms with Crippen molar-refractivity contribution in [2.75, 3.05) is 27.7 Å². The van der Waals surface area contributed by atoms with Crippen molar-refractivity contribution in [2.45, 2.75) is 20.0 Å². The minimum Gasteiger partial charge on any atom is -0.484 e. The Morgan fingerprint density at radius 3 is 2.29 bits per heavy atom. The molecular formula is C21H29IN4O2. The number of likely N-dealkylation sites (N-methyl/N-ethyl adjacent to an activating group) is 1. The first kappa shape index (κ1) is 23.7.